The maximum absolute atomic E-state index is 8.52. The zero-order valence-electron chi connectivity index (χ0n) is 6.65. The first kappa shape index (κ1) is 10.3. The van der Waals surface area contributed by atoms with Crippen LogP contribution in [0.5, 0.6) is 0 Å². The molecule has 2 heteroatoms. The molecule has 36 valence electrons. The minimum Gasteiger partial charge on any atom is -1.00 e. The smallest absolute Gasteiger partial charge is 1.00 e. The third-order valence-corrected chi connectivity index (χ3v) is 0. The summed E-state index contributed by atoms with van der Waals surface area (Å²) < 4.78 is 0. The third-order valence-electron chi connectivity index (χ3n) is 0. The van der Waals surface area contributed by atoms with Gasteiger partial charge >= 0.3 is 37.7 Å². The van der Waals surface area contributed by atoms with E-state index in [1.54, 1.807) is 20.8 Å². The largest absolute Gasteiger partial charge is 2.00 e. The minimum absolute atomic E-state index is 0. The van der Waals surface area contributed by atoms with Gasteiger partial charge in [-0.05, 0) is 20.8 Å². The second-order valence-corrected chi connectivity index (χ2v) is 2.17. The summed E-state index contributed by atoms with van der Waals surface area (Å²) in [4.78, 5) is 0. The minimum atomic E-state index is -0.500. The molecule has 0 unspecified atom stereocenters. The van der Waals surface area contributed by atoms with Crippen LogP contribution in [0.3, 0.4) is 0 Å². The van der Waals surface area contributed by atoms with Crippen molar-refractivity contribution in [1.29, 1.82) is 0 Å². The molecule has 0 heterocycles. The van der Waals surface area contributed by atoms with Crippen molar-refractivity contribution in [3.05, 3.63) is 0 Å². The molecular weight excluding hydrogens is 104 g/mol. The Morgan fingerprint density at radius 2 is 1.33 bits per heavy atom. The predicted octanol–water partition coefficient (Wildman–Crippen LogP) is 0.621. The maximum atomic E-state index is 8.52. The van der Waals surface area contributed by atoms with Gasteiger partial charge in [0.1, 0.15) is 0 Å². The maximum Gasteiger partial charge on any atom is 2.00 e. The van der Waals surface area contributed by atoms with Crippen molar-refractivity contribution in [2.24, 2.45) is 0 Å². The van der Waals surface area contributed by atoms with Crippen LogP contribution in [0.2, 0.25) is 0 Å². The molecular formula is C4H12CaO. The van der Waals surface area contributed by atoms with Gasteiger partial charge in [-0.2, -0.15) is 0 Å². The summed E-state index contributed by atoms with van der Waals surface area (Å²) in [7, 11) is 0. The van der Waals surface area contributed by atoms with E-state index >= 15 is 0 Å². The quantitative estimate of drug-likeness (QED) is 0.460. The van der Waals surface area contributed by atoms with Gasteiger partial charge < -0.3 is 7.96 Å². The second-order valence-electron chi connectivity index (χ2n) is 2.17. The van der Waals surface area contributed by atoms with Crippen molar-refractivity contribution in [2.45, 2.75) is 26.4 Å². The van der Waals surface area contributed by atoms with Crippen molar-refractivity contribution in [1.82, 2.24) is 0 Å². The Hall–Kier alpha value is 1.22. The van der Waals surface area contributed by atoms with Crippen LogP contribution in [0.4, 0.5) is 0 Å². The van der Waals surface area contributed by atoms with Gasteiger partial charge in [0.15, 0.2) is 0 Å². The molecule has 0 aliphatic carbocycles. The fraction of sp³-hybridized carbons (Fsp3) is 1.00. The molecule has 0 atom stereocenters. The Kier molecular flexibility index (Phi) is 5.55. The molecule has 1 nitrogen and oxygen atoms in total. The van der Waals surface area contributed by atoms with Gasteiger partial charge in [-0.1, -0.05) is 0 Å². The van der Waals surface area contributed by atoms with Crippen LogP contribution in [0, 0.1) is 0 Å². The molecule has 0 bridgehead atoms. The van der Waals surface area contributed by atoms with E-state index in [4.69, 9.17) is 5.11 Å². The molecule has 0 aromatic heterocycles. The SMILES string of the molecule is CC(C)(C)O.[Ca+2].[H-].[H-]. The fourth-order valence-electron chi connectivity index (χ4n) is 0. The molecule has 0 saturated heterocycles. The molecule has 0 saturated carbocycles. The topological polar surface area (TPSA) is 20.2 Å². The standard InChI is InChI=1S/C4H10O.Ca.2H/c1-4(2,3)5;;;/h5H,1-3H3;;;/q;+2;2*-1. The third kappa shape index (κ3) is 62.5. The Balaban J connectivity index is -0.0000000267. The molecule has 6 heavy (non-hydrogen) atoms. The number of rotatable bonds is 0. The monoisotopic (exact) mass is 116 g/mol. The molecule has 1 N–H and O–H groups in total. The molecule has 0 aromatic rings. The molecule has 0 amide bonds. The van der Waals surface area contributed by atoms with Gasteiger partial charge in [0.05, 0.1) is 5.60 Å². The summed E-state index contributed by atoms with van der Waals surface area (Å²) in [6.07, 6.45) is 0. The first-order valence-electron chi connectivity index (χ1n) is 1.72. The van der Waals surface area contributed by atoms with E-state index in [0.717, 1.165) is 0 Å². The number of hydrogen-bond acceptors (Lipinski definition) is 1. The summed E-state index contributed by atoms with van der Waals surface area (Å²) in [5.74, 6) is 0. The molecule has 0 fully saturated rings. The van der Waals surface area contributed by atoms with Gasteiger partial charge in [-0.3, -0.25) is 0 Å². The van der Waals surface area contributed by atoms with Crippen LogP contribution in [-0.4, -0.2) is 48.4 Å². The summed E-state index contributed by atoms with van der Waals surface area (Å²) in [5, 5.41) is 8.52. The Bertz CT molecular complexity index is 29.5. The normalized spacial score (nSPS) is 10.0. The molecule has 0 aliphatic rings. The molecule has 0 aliphatic heterocycles. The summed E-state index contributed by atoms with van der Waals surface area (Å²) in [6, 6.07) is 0. The van der Waals surface area contributed by atoms with Crippen molar-refractivity contribution in [2.75, 3.05) is 0 Å². The average molecular weight is 116 g/mol. The zero-order valence-corrected chi connectivity index (χ0v) is 6.86. The van der Waals surface area contributed by atoms with E-state index in [0.29, 0.717) is 0 Å². The van der Waals surface area contributed by atoms with Crippen LogP contribution in [0.1, 0.15) is 23.6 Å². The van der Waals surface area contributed by atoms with Gasteiger partial charge in [0, 0.05) is 0 Å². The Labute approximate surface area is 71.7 Å². The van der Waals surface area contributed by atoms with Crippen molar-refractivity contribution >= 4 is 37.7 Å². The van der Waals surface area contributed by atoms with Crippen LogP contribution >= 0.6 is 0 Å². The molecule has 0 radical (unpaired) electrons. The predicted molar refractivity (Wildman–Crippen MR) is 29.9 cm³/mol. The summed E-state index contributed by atoms with van der Waals surface area (Å²) in [6.45, 7) is 5.23. The van der Waals surface area contributed by atoms with Gasteiger partial charge in [-0.25, -0.2) is 0 Å². The van der Waals surface area contributed by atoms with Crippen LogP contribution < -0.4 is 0 Å². The number of aliphatic hydroxyl groups is 1. The number of hydrogen-bond donors (Lipinski definition) is 1. The zero-order chi connectivity index (χ0) is 4.50. The van der Waals surface area contributed by atoms with Gasteiger partial charge in [0.25, 0.3) is 0 Å². The molecule has 0 rings (SSSR count). The summed E-state index contributed by atoms with van der Waals surface area (Å²) >= 11 is 0. The van der Waals surface area contributed by atoms with Gasteiger partial charge in [-0.15, -0.1) is 0 Å². The summed E-state index contributed by atoms with van der Waals surface area (Å²) in [5.41, 5.74) is -0.500. The van der Waals surface area contributed by atoms with Crippen molar-refractivity contribution in [3.8, 4) is 0 Å². The van der Waals surface area contributed by atoms with E-state index in [2.05, 4.69) is 0 Å². The van der Waals surface area contributed by atoms with E-state index in [1.807, 2.05) is 0 Å². The van der Waals surface area contributed by atoms with Crippen LogP contribution in [0.15, 0.2) is 0 Å². The Morgan fingerprint density at radius 3 is 1.33 bits per heavy atom. The fourth-order valence-corrected chi connectivity index (χ4v) is 0. The van der Waals surface area contributed by atoms with Gasteiger partial charge in [0.2, 0.25) is 0 Å². The van der Waals surface area contributed by atoms with Crippen LogP contribution in [0.25, 0.3) is 0 Å². The first-order valence-corrected chi connectivity index (χ1v) is 1.72. The van der Waals surface area contributed by atoms with E-state index in [-0.39, 0.29) is 40.6 Å². The van der Waals surface area contributed by atoms with Crippen molar-refractivity contribution < 1.29 is 7.96 Å². The van der Waals surface area contributed by atoms with Crippen LogP contribution in [-0.2, 0) is 0 Å². The molecule has 0 spiro atoms. The van der Waals surface area contributed by atoms with E-state index in [1.165, 1.54) is 0 Å². The average Bonchev–Trinajstić information content (AvgIpc) is 0.722. The molecule has 0 aromatic carbocycles. The Morgan fingerprint density at radius 1 is 1.33 bits per heavy atom. The second kappa shape index (κ2) is 3.25. The van der Waals surface area contributed by atoms with E-state index in [9.17, 15) is 0 Å². The van der Waals surface area contributed by atoms with Crippen molar-refractivity contribution in [3.63, 3.8) is 0 Å². The first-order chi connectivity index (χ1) is 2.00. The van der Waals surface area contributed by atoms with E-state index < -0.39 is 5.60 Å².